The van der Waals surface area contributed by atoms with Crippen molar-refractivity contribution in [3.05, 3.63) is 30.0 Å². The third kappa shape index (κ3) is 5.93. The lowest BCUT2D eigenvalue weighted by Crippen LogP contribution is -2.55. The van der Waals surface area contributed by atoms with Crippen LogP contribution in [0.4, 0.5) is 13.2 Å². The van der Waals surface area contributed by atoms with Crippen LogP contribution >= 0.6 is 0 Å². The van der Waals surface area contributed by atoms with Gasteiger partial charge in [-0.2, -0.15) is 13.2 Å². The predicted molar refractivity (Wildman–Crippen MR) is 142 cm³/mol. The number of hydrogen-bond acceptors (Lipinski definition) is 6. The predicted octanol–water partition coefficient (Wildman–Crippen LogP) is 1.68. The number of fused-ring (bicyclic) bond motifs is 2. The number of nitrogens with one attached hydrogen (secondary N) is 4. The third-order valence-corrected chi connectivity index (χ3v) is 8.48. The number of H-pyrrole nitrogens is 1. The maximum atomic E-state index is 13.8. The van der Waals surface area contributed by atoms with Crippen LogP contribution in [0.15, 0.2) is 24.3 Å². The monoisotopic (exact) mass is 591 g/mol. The van der Waals surface area contributed by atoms with Crippen LogP contribution in [0.25, 0.3) is 10.9 Å². The average molecular weight is 592 g/mol. The van der Waals surface area contributed by atoms with Gasteiger partial charge in [-0.05, 0) is 55.7 Å². The van der Waals surface area contributed by atoms with Crippen LogP contribution in [0.2, 0.25) is 0 Å². The fraction of sp³-hybridized carbons (Fsp3) is 0.536. The van der Waals surface area contributed by atoms with Crippen LogP contribution in [0.1, 0.15) is 42.6 Å². The molecule has 0 radical (unpaired) electrons. The number of ether oxygens (including phenoxy) is 1. The number of alkyl halides is 3. The molecule has 4 amide bonds. The Bertz CT molecular complexity index is 1410. The molecule has 1 saturated carbocycles. The molecule has 4 N–H and O–H groups in total. The zero-order chi connectivity index (χ0) is 30.2. The summed E-state index contributed by atoms with van der Waals surface area (Å²) >= 11 is 0. The number of carbonyl (C=O) groups is 5. The maximum absolute atomic E-state index is 13.8. The smallest absolute Gasteiger partial charge is 0.405 e. The molecule has 1 aromatic heterocycles. The second kappa shape index (κ2) is 11.6. The largest absolute Gasteiger partial charge is 0.496 e. The summed E-state index contributed by atoms with van der Waals surface area (Å²) in [7, 11) is 1.52. The number of nitrogens with zero attached hydrogens (tertiary/aromatic N) is 1. The first kappa shape index (κ1) is 29.4. The number of aromatic nitrogens is 1. The van der Waals surface area contributed by atoms with Gasteiger partial charge in [0, 0.05) is 29.9 Å². The highest BCUT2D eigenvalue weighted by Crippen LogP contribution is 2.43. The second-order valence-corrected chi connectivity index (χ2v) is 11.1. The van der Waals surface area contributed by atoms with E-state index < -0.39 is 54.2 Å². The van der Waals surface area contributed by atoms with Crippen LogP contribution < -0.4 is 20.7 Å². The van der Waals surface area contributed by atoms with Crippen LogP contribution in [-0.4, -0.2) is 84.3 Å². The molecular formula is C28H32F3N5O6. The Labute approximate surface area is 238 Å². The van der Waals surface area contributed by atoms with Gasteiger partial charge in [0.2, 0.25) is 17.6 Å². The summed E-state index contributed by atoms with van der Waals surface area (Å²) in [5.74, 6) is -4.58. The molecule has 2 aromatic rings. The minimum absolute atomic E-state index is 0.0495. The quantitative estimate of drug-likeness (QED) is 0.326. The molecule has 3 heterocycles. The van der Waals surface area contributed by atoms with Crippen LogP contribution in [0.5, 0.6) is 5.75 Å². The van der Waals surface area contributed by atoms with Gasteiger partial charge < -0.3 is 30.6 Å². The van der Waals surface area contributed by atoms with Gasteiger partial charge in [0.15, 0.2) is 0 Å². The van der Waals surface area contributed by atoms with E-state index in [-0.39, 0.29) is 29.9 Å². The van der Waals surface area contributed by atoms with Gasteiger partial charge in [-0.15, -0.1) is 0 Å². The number of likely N-dealkylation sites (tertiary alicyclic amines) is 1. The van der Waals surface area contributed by atoms with Crippen molar-refractivity contribution in [2.75, 3.05) is 26.7 Å². The standard InChI is InChI=1S/C28H32F3N5O6/c1-42-21-7-3-6-18-17(21)11-20(34-18)27(41)36-12-15-4-2-5-16(15)22(36)25(39)35-19(10-14-8-9-32-24(14)38)23(37)26(40)33-13-28(29,30)31/h3,6-7,11,14-16,19,22,34H,2,4-5,8-10,12-13H2,1H3,(H,32,38)(H,33,40)(H,35,39). The van der Waals surface area contributed by atoms with Gasteiger partial charge in [-0.25, -0.2) is 0 Å². The molecule has 14 heteroatoms. The van der Waals surface area contributed by atoms with E-state index in [1.165, 1.54) is 12.0 Å². The van der Waals surface area contributed by atoms with Gasteiger partial charge in [0.25, 0.3) is 11.8 Å². The van der Waals surface area contributed by atoms with Crippen LogP contribution in [-0.2, 0) is 19.2 Å². The van der Waals surface area contributed by atoms with E-state index >= 15 is 0 Å². The van der Waals surface area contributed by atoms with Gasteiger partial charge in [-0.1, -0.05) is 12.5 Å². The Hall–Kier alpha value is -4.10. The Kier molecular flexibility index (Phi) is 8.15. The molecule has 5 atom stereocenters. The lowest BCUT2D eigenvalue weighted by molar-refractivity contribution is -0.147. The number of benzene rings is 1. The molecule has 1 aromatic carbocycles. The molecule has 42 heavy (non-hydrogen) atoms. The summed E-state index contributed by atoms with van der Waals surface area (Å²) in [6.45, 7) is -1.07. The lowest BCUT2D eigenvalue weighted by Gasteiger charge is -2.29. The zero-order valence-electron chi connectivity index (χ0n) is 22.9. The summed E-state index contributed by atoms with van der Waals surface area (Å²) in [5, 5.41) is 7.39. The maximum Gasteiger partial charge on any atom is 0.405 e. The third-order valence-electron chi connectivity index (χ3n) is 8.48. The lowest BCUT2D eigenvalue weighted by atomic mass is 9.91. The highest BCUT2D eigenvalue weighted by molar-refractivity contribution is 6.38. The van der Waals surface area contributed by atoms with Crippen molar-refractivity contribution in [2.45, 2.75) is 50.4 Å². The Morgan fingerprint density at radius 1 is 1.17 bits per heavy atom. The van der Waals surface area contributed by atoms with E-state index in [0.717, 1.165) is 12.8 Å². The zero-order valence-corrected chi connectivity index (χ0v) is 22.9. The molecule has 3 fully saturated rings. The topological polar surface area (TPSA) is 150 Å². The number of hydrogen-bond donors (Lipinski definition) is 4. The summed E-state index contributed by atoms with van der Waals surface area (Å²) in [5.41, 5.74) is 0.914. The first-order chi connectivity index (χ1) is 20.0. The molecule has 2 saturated heterocycles. The highest BCUT2D eigenvalue weighted by Gasteiger charge is 2.50. The SMILES string of the molecule is COc1cccc2[nH]c(C(=O)N3CC4CCCC4C3C(=O)NC(CC3CCNC3=O)C(=O)C(=O)NCC(F)(F)F)cc12. The van der Waals surface area contributed by atoms with E-state index in [1.807, 2.05) is 0 Å². The number of ketones is 1. The summed E-state index contributed by atoms with van der Waals surface area (Å²) in [6, 6.07) is 4.45. The van der Waals surface area contributed by atoms with Crippen molar-refractivity contribution < 1.29 is 41.9 Å². The van der Waals surface area contributed by atoms with Crippen molar-refractivity contribution in [1.29, 1.82) is 0 Å². The van der Waals surface area contributed by atoms with Crippen molar-refractivity contribution in [3.8, 4) is 5.75 Å². The molecule has 0 bridgehead atoms. The van der Waals surface area contributed by atoms with E-state index in [9.17, 15) is 37.1 Å². The normalized spacial score (nSPS) is 24.3. The fourth-order valence-corrected chi connectivity index (χ4v) is 6.49. The van der Waals surface area contributed by atoms with Crippen molar-refractivity contribution in [1.82, 2.24) is 25.8 Å². The van der Waals surface area contributed by atoms with E-state index in [1.54, 1.807) is 29.6 Å². The fourth-order valence-electron chi connectivity index (χ4n) is 6.49. The number of methoxy groups -OCH3 is 1. The minimum atomic E-state index is -4.74. The Morgan fingerprint density at radius 3 is 2.64 bits per heavy atom. The summed E-state index contributed by atoms with van der Waals surface area (Å²) < 4.78 is 43.4. The molecule has 11 nitrogen and oxygen atoms in total. The number of rotatable bonds is 9. The van der Waals surface area contributed by atoms with Crippen LogP contribution in [0, 0.1) is 17.8 Å². The number of amides is 4. The molecule has 1 aliphatic carbocycles. The highest BCUT2D eigenvalue weighted by atomic mass is 19.4. The van der Waals surface area contributed by atoms with E-state index in [2.05, 4.69) is 15.6 Å². The first-order valence-electron chi connectivity index (χ1n) is 13.9. The summed E-state index contributed by atoms with van der Waals surface area (Å²) in [4.78, 5) is 69.7. The van der Waals surface area contributed by atoms with Crippen molar-refractivity contribution >= 4 is 40.3 Å². The molecular weight excluding hydrogens is 559 g/mol. The second-order valence-electron chi connectivity index (χ2n) is 11.1. The molecule has 2 aliphatic heterocycles. The van der Waals surface area contributed by atoms with Crippen molar-refractivity contribution in [2.24, 2.45) is 17.8 Å². The molecule has 5 unspecified atom stereocenters. The Balaban J connectivity index is 1.39. The van der Waals surface area contributed by atoms with Gasteiger partial charge in [0.1, 0.15) is 24.0 Å². The number of halogens is 3. The number of aromatic amines is 1. The molecule has 5 rings (SSSR count). The number of carbonyl (C=O) groups excluding carboxylic acids is 5. The van der Waals surface area contributed by atoms with E-state index in [0.29, 0.717) is 42.6 Å². The molecule has 0 spiro atoms. The first-order valence-corrected chi connectivity index (χ1v) is 13.9. The van der Waals surface area contributed by atoms with Gasteiger partial charge >= 0.3 is 6.18 Å². The molecule has 3 aliphatic rings. The summed E-state index contributed by atoms with van der Waals surface area (Å²) in [6.07, 6.45) is -2.33. The van der Waals surface area contributed by atoms with Gasteiger partial charge in [-0.3, -0.25) is 24.0 Å². The minimum Gasteiger partial charge on any atom is -0.496 e. The van der Waals surface area contributed by atoms with Crippen molar-refractivity contribution in [3.63, 3.8) is 0 Å². The number of Topliss-reactive ketones (excluding diaryl/α,β-unsaturated/α-hetero) is 1. The molecule has 226 valence electrons. The van der Waals surface area contributed by atoms with Crippen LogP contribution in [0.3, 0.4) is 0 Å². The van der Waals surface area contributed by atoms with E-state index in [4.69, 9.17) is 4.74 Å². The Morgan fingerprint density at radius 2 is 1.95 bits per heavy atom. The average Bonchev–Trinajstić information content (AvgIpc) is 3.73. The van der Waals surface area contributed by atoms with Gasteiger partial charge in [0.05, 0.1) is 13.2 Å².